The van der Waals surface area contributed by atoms with Gasteiger partial charge in [0.25, 0.3) is 0 Å². The quantitative estimate of drug-likeness (QED) is 0.879. The minimum absolute atomic E-state index is 0.337. The molecule has 0 amide bonds. The van der Waals surface area contributed by atoms with Gasteiger partial charge in [0, 0.05) is 5.69 Å². The molecule has 0 atom stereocenters. The average Bonchev–Trinajstić information content (AvgIpc) is 2.82. The van der Waals surface area contributed by atoms with Crippen LogP contribution in [0.25, 0.3) is 0 Å². The van der Waals surface area contributed by atoms with E-state index in [1.807, 2.05) is 24.3 Å². The number of hydrogen-bond acceptors (Lipinski definition) is 4. The molecule has 0 spiro atoms. The third kappa shape index (κ3) is 3.13. The number of esters is 1. The molecule has 1 heterocycles. The Morgan fingerprint density at radius 2 is 2.00 bits per heavy atom. The summed E-state index contributed by atoms with van der Waals surface area (Å²) in [6, 6.07) is 10.8. The Morgan fingerprint density at radius 3 is 2.56 bits per heavy atom. The molecule has 0 bridgehead atoms. The molecule has 2 aromatic rings. The number of nitrogens with one attached hydrogen (secondary N) is 1. The van der Waals surface area contributed by atoms with Crippen molar-refractivity contribution < 1.29 is 13.9 Å². The van der Waals surface area contributed by atoms with Gasteiger partial charge >= 0.3 is 5.97 Å². The lowest BCUT2D eigenvalue weighted by Gasteiger charge is -2.05. The van der Waals surface area contributed by atoms with Crippen molar-refractivity contribution in [1.82, 2.24) is 0 Å². The topological polar surface area (TPSA) is 51.5 Å². The van der Waals surface area contributed by atoms with Crippen molar-refractivity contribution in [3.8, 4) is 0 Å². The summed E-state index contributed by atoms with van der Waals surface area (Å²) >= 11 is 3.25. The van der Waals surface area contributed by atoms with E-state index in [9.17, 15) is 4.79 Å². The van der Waals surface area contributed by atoms with Crippen molar-refractivity contribution in [2.24, 2.45) is 0 Å². The van der Waals surface area contributed by atoms with E-state index in [4.69, 9.17) is 4.42 Å². The third-order valence-corrected chi connectivity index (χ3v) is 2.83. The second kappa shape index (κ2) is 5.73. The molecular formula is C13H12BrNO3. The number of furan rings is 1. The SMILES string of the molecule is COC(=O)c1ccc(NCc2ccc(Br)o2)cc1. The van der Waals surface area contributed by atoms with Gasteiger partial charge in [0.15, 0.2) is 4.67 Å². The molecule has 18 heavy (non-hydrogen) atoms. The lowest BCUT2D eigenvalue weighted by molar-refractivity contribution is 0.0601. The second-order valence-electron chi connectivity index (χ2n) is 3.63. The fourth-order valence-electron chi connectivity index (χ4n) is 1.48. The van der Waals surface area contributed by atoms with Gasteiger partial charge in [0.05, 0.1) is 19.2 Å². The molecule has 0 aliphatic rings. The van der Waals surface area contributed by atoms with Gasteiger partial charge in [0.2, 0.25) is 0 Å². The summed E-state index contributed by atoms with van der Waals surface area (Å²) in [4.78, 5) is 11.2. The fraction of sp³-hybridized carbons (Fsp3) is 0.154. The Labute approximate surface area is 113 Å². The number of methoxy groups -OCH3 is 1. The van der Waals surface area contributed by atoms with Crippen molar-refractivity contribution in [1.29, 1.82) is 0 Å². The molecule has 2 rings (SSSR count). The Balaban J connectivity index is 1.96. The van der Waals surface area contributed by atoms with Gasteiger partial charge in [-0.15, -0.1) is 0 Å². The number of hydrogen-bond donors (Lipinski definition) is 1. The highest BCUT2D eigenvalue weighted by Gasteiger charge is 2.04. The average molecular weight is 310 g/mol. The van der Waals surface area contributed by atoms with E-state index in [1.165, 1.54) is 7.11 Å². The van der Waals surface area contributed by atoms with Crippen molar-refractivity contribution in [3.05, 3.63) is 52.4 Å². The molecule has 1 aromatic carbocycles. The van der Waals surface area contributed by atoms with Gasteiger partial charge in [-0.05, 0) is 52.3 Å². The largest absolute Gasteiger partial charge is 0.465 e. The summed E-state index contributed by atoms with van der Waals surface area (Å²) in [6.07, 6.45) is 0. The summed E-state index contributed by atoms with van der Waals surface area (Å²) < 4.78 is 10.7. The number of carbonyl (C=O) groups excluding carboxylic acids is 1. The number of rotatable bonds is 4. The Hall–Kier alpha value is -1.75. The molecule has 0 fully saturated rings. The second-order valence-corrected chi connectivity index (χ2v) is 4.41. The maximum atomic E-state index is 11.2. The minimum atomic E-state index is -0.337. The number of ether oxygens (including phenoxy) is 1. The molecule has 0 radical (unpaired) electrons. The molecule has 0 unspecified atom stereocenters. The lowest BCUT2D eigenvalue weighted by atomic mass is 10.2. The molecule has 94 valence electrons. The maximum Gasteiger partial charge on any atom is 0.337 e. The first-order valence-electron chi connectivity index (χ1n) is 5.35. The zero-order valence-corrected chi connectivity index (χ0v) is 11.4. The van der Waals surface area contributed by atoms with E-state index in [2.05, 4.69) is 26.0 Å². The Morgan fingerprint density at radius 1 is 1.28 bits per heavy atom. The molecule has 5 heteroatoms. The van der Waals surface area contributed by atoms with Gasteiger partial charge in [-0.25, -0.2) is 4.79 Å². The Bertz CT molecular complexity index is 533. The molecule has 0 aliphatic carbocycles. The van der Waals surface area contributed by atoms with E-state index in [0.717, 1.165) is 11.4 Å². The van der Waals surface area contributed by atoms with Crippen molar-refractivity contribution >= 4 is 27.6 Å². The van der Waals surface area contributed by atoms with Crippen LogP contribution in [0.4, 0.5) is 5.69 Å². The molecular weight excluding hydrogens is 298 g/mol. The first-order chi connectivity index (χ1) is 8.69. The first kappa shape index (κ1) is 12.7. The van der Waals surface area contributed by atoms with Crippen LogP contribution in [0.1, 0.15) is 16.1 Å². The molecule has 4 nitrogen and oxygen atoms in total. The van der Waals surface area contributed by atoms with Crippen LogP contribution < -0.4 is 5.32 Å². The van der Waals surface area contributed by atoms with Crippen molar-refractivity contribution in [3.63, 3.8) is 0 Å². The lowest BCUT2D eigenvalue weighted by Crippen LogP contribution is -2.02. The molecule has 0 saturated heterocycles. The van der Waals surface area contributed by atoms with E-state index >= 15 is 0 Å². The standard InChI is InChI=1S/C13H12BrNO3/c1-17-13(16)9-2-4-10(5-3-9)15-8-11-6-7-12(14)18-11/h2-7,15H,8H2,1H3. The monoisotopic (exact) mass is 309 g/mol. The third-order valence-electron chi connectivity index (χ3n) is 2.40. The van der Waals surface area contributed by atoms with Crippen LogP contribution in [0.3, 0.4) is 0 Å². The Kier molecular flexibility index (Phi) is 4.04. The highest BCUT2D eigenvalue weighted by atomic mass is 79.9. The highest BCUT2D eigenvalue weighted by molar-refractivity contribution is 9.10. The van der Waals surface area contributed by atoms with E-state index in [1.54, 1.807) is 12.1 Å². The highest BCUT2D eigenvalue weighted by Crippen LogP contribution is 2.16. The predicted octanol–water partition coefficient (Wildman–Crippen LogP) is 3.44. The number of halogens is 1. The normalized spacial score (nSPS) is 10.1. The van der Waals surface area contributed by atoms with E-state index in [-0.39, 0.29) is 5.97 Å². The van der Waals surface area contributed by atoms with Crippen LogP contribution in [0.5, 0.6) is 0 Å². The summed E-state index contributed by atoms with van der Waals surface area (Å²) in [7, 11) is 1.36. The van der Waals surface area contributed by atoms with Crippen LogP contribution in [0, 0.1) is 0 Å². The summed E-state index contributed by atoms with van der Waals surface area (Å²) in [5.74, 6) is 0.496. The smallest absolute Gasteiger partial charge is 0.337 e. The number of anilines is 1. The van der Waals surface area contributed by atoms with Gasteiger partial charge in [-0.2, -0.15) is 0 Å². The summed E-state index contributed by atoms with van der Waals surface area (Å²) in [5, 5.41) is 3.19. The summed E-state index contributed by atoms with van der Waals surface area (Å²) in [6.45, 7) is 0.586. The number of benzene rings is 1. The van der Waals surface area contributed by atoms with Gasteiger partial charge in [-0.3, -0.25) is 0 Å². The van der Waals surface area contributed by atoms with E-state index in [0.29, 0.717) is 16.8 Å². The maximum absolute atomic E-state index is 11.2. The zero-order chi connectivity index (χ0) is 13.0. The zero-order valence-electron chi connectivity index (χ0n) is 9.77. The fourth-order valence-corrected chi connectivity index (χ4v) is 1.82. The van der Waals surface area contributed by atoms with Crippen molar-refractivity contribution in [2.45, 2.75) is 6.54 Å². The van der Waals surface area contributed by atoms with Crippen LogP contribution >= 0.6 is 15.9 Å². The van der Waals surface area contributed by atoms with E-state index < -0.39 is 0 Å². The first-order valence-corrected chi connectivity index (χ1v) is 6.15. The van der Waals surface area contributed by atoms with Gasteiger partial charge < -0.3 is 14.5 Å². The molecule has 0 saturated carbocycles. The number of carbonyl (C=O) groups is 1. The molecule has 1 N–H and O–H groups in total. The van der Waals surface area contributed by atoms with Crippen molar-refractivity contribution in [2.75, 3.05) is 12.4 Å². The summed E-state index contributed by atoms with van der Waals surface area (Å²) in [5.41, 5.74) is 1.44. The van der Waals surface area contributed by atoms with Gasteiger partial charge in [-0.1, -0.05) is 0 Å². The van der Waals surface area contributed by atoms with Crippen LogP contribution in [-0.4, -0.2) is 13.1 Å². The van der Waals surface area contributed by atoms with Crippen LogP contribution in [-0.2, 0) is 11.3 Å². The van der Waals surface area contributed by atoms with Crippen LogP contribution in [0.2, 0.25) is 0 Å². The minimum Gasteiger partial charge on any atom is -0.465 e. The molecule has 0 aliphatic heterocycles. The molecule has 1 aromatic heterocycles. The van der Waals surface area contributed by atoms with Crippen LogP contribution in [0.15, 0.2) is 45.5 Å². The predicted molar refractivity (Wildman–Crippen MR) is 71.5 cm³/mol. The van der Waals surface area contributed by atoms with Gasteiger partial charge in [0.1, 0.15) is 5.76 Å².